The molecular weight excluding hydrogens is 400 g/mol. The Morgan fingerprint density at radius 3 is 2.41 bits per heavy atom. The Morgan fingerprint density at radius 2 is 1.72 bits per heavy atom. The summed E-state index contributed by atoms with van der Waals surface area (Å²) in [6.07, 6.45) is 3.50. The van der Waals surface area contributed by atoms with Gasteiger partial charge in [0.1, 0.15) is 0 Å². The molecule has 6 heteroatoms. The van der Waals surface area contributed by atoms with Crippen molar-refractivity contribution in [3.05, 3.63) is 72.1 Å². The van der Waals surface area contributed by atoms with E-state index in [2.05, 4.69) is 36.4 Å². The molecule has 1 aromatic heterocycles. The molecule has 0 radical (unpaired) electrons. The Bertz CT molecular complexity index is 1170. The predicted octanol–water partition coefficient (Wildman–Crippen LogP) is 4.42. The van der Waals surface area contributed by atoms with E-state index in [1.807, 2.05) is 53.4 Å². The van der Waals surface area contributed by atoms with Gasteiger partial charge in [0.2, 0.25) is 0 Å². The lowest BCUT2D eigenvalue weighted by atomic mass is 9.86. The van der Waals surface area contributed by atoms with Crippen LogP contribution in [-0.2, 0) is 5.41 Å². The second kappa shape index (κ2) is 7.62. The summed E-state index contributed by atoms with van der Waals surface area (Å²) >= 11 is 0. The van der Waals surface area contributed by atoms with Gasteiger partial charge in [0.25, 0.3) is 5.91 Å². The summed E-state index contributed by atoms with van der Waals surface area (Å²) in [6.45, 7) is 7.88. The maximum absolute atomic E-state index is 12.9. The zero-order valence-electron chi connectivity index (χ0n) is 18.6. The first kappa shape index (κ1) is 20.5. The molecule has 32 heavy (non-hydrogen) atoms. The lowest BCUT2D eigenvalue weighted by molar-refractivity contribution is 0.0772. The molecule has 2 aromatic carbocycles. The summed E-state index contributed by atoms with van der Waals surface area (Å²) < 4.78 is 0. The standard InChI is InChI=1S/C26H28N4O2/c1-26(2,3)18-9-7-16(8-10-18)24(31)30-14-20-21(15-30)23(20)29-25(32)28-22-6-4-5-17-13-27-12-11-19(17)22/h4-13,20-21,23H,14-15H2,1-3H3,(H2,28,29,32). The molecule has 5 rings (SSSR count). The molecule has 2 fully saturated rings. The van der Waals surface area contributed by atoms with Crippen molar-refractivity contribution in [1.29, 1.82) is 0 Å². The fourth-order valence-corrected chi connectivity index (χ4v) is 4.74. The van der Waals surface area contributed by atoms with Gasteiger partial charge in [-0.2, -0.15) is 0 Å². The molecule has 2 aliphatic rings. The second-order valence-electron chi connectivity index (χ2n) is 9.89. The van der Waals surface area contributed by atoms with E-state index in [1.54, 1.807) is 12.4 Å². The van der Waals surface area contributed by atoms with Gasteiger partial charge in [0, 0.05) is 59.7 Å². The molecule has 1 aliphatic heterocycles. The number of rotatable bonds is 3. The van der Waals surface area contributed by atoms with Crippen LogP contribution in [0.4, 0.5) is 10.5 Å². The number of fused-ring (bicyclic) bond motifs is 2. The summed E-state index contributed by atoms with van der Waals surface area (Å²) in [4.78, 5) is 31.5. The number of anilines is 1. The normalized spacial score (nSPS) is 21.8. The van der Waals surface area contributed by atoms with Crippen LogP contribution in [0.3, 0.4) is 0 Å². The highest BCUT2D eigenvalue weighted by Crippen LogP contribution is 2.46. The van der Waals surface area contributed by atoms with Crippen molar-refractivity contribution < 1.29 is 9.59 Å². The number of piperidine rings is 1. The largest absolute Gasteiger partial charge is 0.338 e. The van der Waals surface area contributed by atoms with Gasteiger partial charge in [0.15, 0.2) is 0 Å². The van der Waals surface area contributed by atoms with Crippen LogP contribution in [0.2, 0.25) is 0 Å². The van der Waals surface area contributed by atoms with Crippen LogP contribution in [0, 0.1) is 11.8 Å². The molecular formula is C26H28N4O2. The van der Waals surface area contributed by atoms with E-state index in [4.69, 9.17) is 0 Å². The van der Waals surface area contributed by atoms with E-state index in [1.165, 1.54) is 5.56 Å². The van der Waals surface area contributed by atoms with Gasteiger partial charge in [-0.15, -0.1) is 0 Å². The molecule has 3 aromatic rings. The molecule has 6 nitrogen and oxygen atoms in total. The van der Waals surface area contributed by atoms with E-state index < -0.39 is 0 Å². The number of hydrogen-bond acceptors (Lipinski definition) is 3. The summed E-state index contributed by atoms with van der Waals surface area (Å²) in [5.41, 5.74) is 2.78. The number of nitrogens with one attached hydrogen (secondary N) is 2. The van der Waals surface area contributed by atoms with E-state index in [9.17, 15) is 9.59 Å². The van der Waals surface area contributed by atoms with E-state index in [0.29, 0.717) is 24.9 Å². The van der Waals surface area contributed by atoms with Crippen LogP contribution in [0.5, 0.6) is 0 Å². The zero-order valence-corrected chi connectivity index (χ0v) is 18.6. The highest BCUT2D eigenvalue weighted by Gasteiger charge is 2.57. The summed E-state index contributed by atoms with van der Waals surface area (Å²) in [5.74, 6) is 0.732. The van der Waals surface area contributed by atoms with Gasteiger partial charge < -0.3 is 15.5 Å². The third-order valence-electron chi connectivity index (χ3n) is 6.71. The number of amides is 3. The molecule has 1 saturated heterocycles. The van der Waals surface area contributed by atoms with Crippen molar-refractivity contribution in [2.45, 2.75) is 32.2 Å². The number of benzene rings is 2. The smallest absolute Gasteiger partial charge is 0.319 e. The average Bonchev–Trinajstić information content (AvgIpc) is 3.20. The van der Waals surface area contributed by atoms with Gasteiger partial charge in [0.05, 0.1) is 5.69 Å². The first-order valence-electron chi connectivity index (χ1n) is 11.1. The van der Waals surface area contributed by atoms with Crippen molar-refractivity contribution >= 4 is 28.4 Å². The fraction of sp³-hybridized carbons (Fsp3) is 0.346. The Hall–Kier alpha value is -3.41. The third-order valence-corrected chi connectivity index (χ3v) is 6.71. The quantitative estimate of drug-likeness (QED) is 0.648. The monoisotopic (exact) mass is 428 g/mol. The number of pyridine rings is 1. The molecule has 1 aliphatic carbocycles. The number of carbonyl (C=O) groups excluding carboxylic acids is 2. The first-order valence-corrected chi connectivity index (χ1v) is 11.1. The van der Waals surface area contributed by atoms with Gasteiger partial charge in [-0.25, -0.2) is 4.79 Å². The number of urea groups is 1. The van der Waals surface area contributed by atoms with E-state index in [0.717, 1.165) is 22.0 Å². The lowest BCUT2D eigenvalue weighted by Crippen LogP contribution is -2.39. The summed E-state index contributed by atoms with van der Waals surface area (Å²) in [6, 6.07) is 15.5. The summed E-state index contributed by atoms with van der Waals surface area (Å²) in [5, 5.41) is 8.00. The minimum atomic E-state index is -0.204. The van der Waals surface area contributed by atoms with Crippen molar-refractivity contribution in [3.63, 3.8) is 0 Å². The van der Waals surface area contributed by atoms with E-state index in [-0.39, 0.29) is 23.4 Å². The number of likely N-dealkylation sites (tertiary alicyclic amines) is 1. The molecule has 3 amide bonds. The van der Waals surface area contributed by atoms with Crippen LogP contribution in [0.15, 0.2) is 60.9 Å². The number of nitrogens with zero attached hydrogens (tertiary/aromatic N) is 2. The zero-order chi connectivity index (χ0) is 22.5. The predicted molar refractivity (Wildman–Crippen MR) is 126 cm³/mol. The van der Waals surface area contributed by atoms with Crippen LogP contribution in [0.25, 0.3) is 10.8 Å². The van der Waals surface area contributed by atoms with Crippen molar-refractivity contribution in [1.82, 2.24) is 15.2 Å². The first-order chi connectivity index (χ1) is 15.3. The minimum absolute atomic E-state index is 0.0687. The van der Waals surface area contributed by atoms with E-state index >= 15 is 0 Å². The van der Waals surface area contributed by atoms with Gasteiger partial charge in [-0.3, -0.25) is 9.78 Å². The Balaban J connectivity index is 1.16. The highest BCUT2D eigenvalue weighted by atomic mass is 16.2. The SMILES string of the molecule is CC(C)(C)c1ccc(C(=O)N2CC3C(C2)C3NC(=O)Nc2cccc3cnccc23)cc1. The Kier molecular flexibility index (Phi) is 4.88. The average molecular weight is 429 g/mol. The molecule has 2 unspecified atom stereocenters. The second-order valence-corrected chi connectivity index (χ2v) is 9.89. The van der Waals surface area contributed by atoms with Gasteiger partial charge in [-0.1, -0.05) is 45.0 Å². The Morgan fingerprint density at radius 1 is 1.00 bits per heavy atom. The van der Waals surface area contributed by atoms with Crippen molar-refractivity contribution in [3.8, 4) is 0 Å². The fourth-order valence-electron chi connectivity index (χ4n) is 4.74. The lowest BCUT2D eigenvalue weighted by Gasteiger charge is -2.22. The molecule has 0 bridgehead atoms. The Labute approximate surface area is 188 Å². The number of hydrogen-bond donors (Lipinski definition) is 2. The maximum Gasteiger partial charge on any atom is 0.319 e. The molecule has 2 atom stereocenters. The maximum atomic E-state index is 12.9. The van der Waals surface area contributed by atoms with Crippen LogP contribution in [0.1, 0.15) is 36.7 Å². The molecule has 1 saturated carbocycles. The number of aromatic nitrogens is 1. The minimum Gasteiger partial charge on any atom is -0.338 e. The number of carbonyl (C=O) groups is 2. The van der Waals surface area contributed by atoms with Crippen LogP contribution in [-0.4, -0.2) is 41.0 Å². The third kappa shape index (κ3) is 3.81. The topological polar surface area (TPSA) is 74.3 Å². The molecule has 164 valence electrons. The summed E-state index contributed by atoms with van der Waals surface area (Å²) in [7, 11) is 0. The van der Waals surface area contributed by atoms with Crippen molar-refractivity contribution in [2.24, 2.45) is 11.8 Å². The molecule has 2 heterocycles. The van der Waals surface area contributed by atoms with Crippen LogP contribution >= 0.6 is 0 Å². The molecule has 0 spiro atoms. The van der Waals surface area contributed by atoms with Gasteiger partial charge in [-0.05, 0) is 35.2 Å². The van der Waals surface area contributed by atoms with Gasteiger partial charge >= 0.3 is 6.03 Å². The van der Waals surface area contributed by atoms with Crippen LogP contribution < -0.4 is 10.6 Å². The molecule has 2 N–H and O–H groups in total. The highest BCUT2D eigenvalue weighted by molar-refractivity contribution is 6.01. The van der Waals surface area contributed by atoms with Crippen molar-refractivity contribution in [2.75, 3.05) is 18.4 Å².